The van der Waals surface area contributed by atoms with Crippen molar-refractivity contribution in [3.63, 3.8) is 0 Å². The monoisotopic (exact) mass is 355 g/mol. The van der Waals surface area contributed by atoms with Crippen LogP contribution < -0.4 is 5.32 Å². The molecule has 0 radical (unpaired) electrons. The average molecular weight is 355 g/mol. The van der Waals surface area contributed by atoms with Gasteiger partial charge >= 0.3 is 5.97 Å². The van der Waals surface area contributed by atoms with Crippen LogP contribution >= 0.6 is 0 Å². The summed E-state index contributed by atoms with van der Waals surface area (Å²) in [7, 11) is 0. The molecule has 0 unspecified atom stereocenters. The Balaban J connectivity index is 1.39. The number of Topliss-reactive ketones (excluding diaryl/α,β-unsaturated/α-hetero) is 1. The molecule has 5 rings (SSSR count). The molecule has 0 aromatic heterocycles. The Morgan fingerprint density at radius 1 is 1.08 bits per heavy atom. The molecule has 0 heterocycles. The number of hydrogen-bond acceptors (Lipinski definition) is 4. The van der Waals surface area contributed by atoms with Gasteiger partial charge < -0.3 is 10.1 Å². The minimum atomic E-state index is -0.518. The predicted molar refractivity (Wildman–Crippen MR) is 96.6 cm³/mol. The summed E-state index contributed by atoms with van der Waals surface area (Å²) in [5.74, 6) is 1.45. The first kappa shape index (κ1) is 17.3. The molecule has 5 nitrogen and oxygen atoms in total. The van der Waals surface area contributed by atoms with Gasteiger partial charge in [0.15, 0.2) is 12.4 Å². The molecule has 138 valence electrons. The van der Waals surface area contributed by atoms with Crippen molar-refractivity contribution in [1.82, 2.24) is 0 Å². The fraction of sp³-hybridized carbons (Fsp3) is 0.571. The third-order valence-electron chi connectivity index (χ3n) is 6.38. The second-order valence-corrected chi connectivity index (χ2v) is 8.46. The fourth-order valence-electron chi connectivity index (χ4n) is 5.75. The van der Waals surface area contributed by atoms with E-state index in [-0.39, 0.29) is 23.7 Å². The van der Waals surface area contributed by atoms with Crippen molar-refractivity contribution < 1.29 is 19.1 Å². The number of carbonyl (C=O) groups is 3. The highest BCUT2D eigenvalue weighted by Gasteiger charge is 2.54. The summed E-state index contributed by atoms with van der Waals surface area (Å²) >= 11 is 0. The number of esters is 1. The standard InChI is InChI=1S/C21H25NO4/c1-13(23)22-18-4-2-3-17(8-18)20(25)26-12-19(24)21-9-14-5-15(10-21)7-16(6-14)11-21/h2-4,8,14-16H,5-7,9-12H2,1H3,(H,22,23). The number of hydrogen-bond donors (Lipinski definition) is 1. The largest absolute Gasteiger partial charge is 0.454 e. The molecule has 26 heavy (non-hydrogen) atoms. The number of carbonyl (C=O) groups excluding carboxylic acids is 3. The molecule has 4 fully saturated rings. The molecule has 0 atom stereocenters. The summed E-state index contributed by atoms with van der Waals surface area (Å²) in [6.07, 6.45) is 6.78. The molecule has 1 aromatic rings. The Labute approximate surface area is 153 Å². The van der Waals surface area contributed by atoms with Crippen molar-refractivity contribution in [3.8, 4) is 0 Å². The number of rotatable bonds is 5. The first-order valence-electron chi connectivity index (χ1n) is 9.51. The number of amides is 1. The van der Waals surface area contributed by atoms with Crippen LogP contribution in [0, 0.1) is 23.2 Å². The van der Waals surface area contributed by atoms with Gasteiger partial charge in [0.25, 0.3) is 0 Å². The summed E-state index contributed by atoms with van der Waals surface area (Å²) in [6, 6.07) is 6.59. The van der Waals surface area contributed by atoms with Gasteiger partial charge in [0, 0.05) is 18.0 Å². The zero-order valence-electron chi connectivity index (χ0n) is 15.1. The lowest BCUT2D eigenvalue weighted by molar-refractivity contribution is -0.147. The second kappa shape index (κ2) is 6.53. The minimum Gasteiger partial charge on any atom is -0.454 e. The topological polar surface area (TPSA) is 72.5 Å². The normalized spacial score (nSPS) is 31.5. The third-order valence-corrected chi connectivity index (χ3v) is 6.38. The molecule has 5 heteroatoms. The first-order valence-corrected chi connectivity index (χ1v) is 9.51. The van der Waals surface area contributed by atoms with Gasteiger partial charge in [-0.3, -0.25) is 9.59 Å². The molecule has 1 N–H and O–H groups in total. The molecule has 0 aliphatic heterocycles. The van der Waals surface area contributed by atoms with E-state index in [9.17, 15) is 14.4 Å². The van der Waals surface area contributed by atoms with Crippen LogP contribution in [0.4, 0.5) is 5.69 Å². The molecule has 4 bridgehead atoms. The van der Waals surface area contributed by atoms with Gasteiger partial charge in [-0.15, -0.1) is 0 Å². The average Bonchev–Trinajstić information content (AvgIpc) is 2.57. The van der Waals surface area contributed by atoms with E-state index in [0.29, 0.717) is 29.0 Å². The smallest absolute Gasteiger partial charge is 0.338 e. The highest BCUT2D eigenvalue weighted by atomic mass is 16.5. The van der Waals surface area contributed by atoms with E-state index in [0.717, 1.165) is 19.3 Å². The Hall–Kier alpha value is -2.17. The Bertz CT molecular complexity index is 719. The van der Waals surface area contributed by atoms with E-state index in [1.54, 1.807) is 24.3 Å². The Kier molecular flexibility index (Phi) is 4.33. The molecule has 0 spiro atoms. The summed E-state index contributed by atoms with van der Waals surface area (Å²) < 4.78 is 5.34. The van der Waals surface area contributed by atoms with E-state index in [1.807, 2.05) is 0 Å². The fourth-order valence-corrected chi connectivity index (χ4v) is 5.75. The van der Waals surface area contributed by atoms with Crippen LogP contribution in [-0.2, 0) is 14.3 Å². The number of anilines is 1. The van der Waals surface area contributed by atoms with Crippen LogP contribution in [0.3, 0.4) is 0 Å². The van der Waals surface area contributed by atoms with Crippen molar-refractivity contribution in [2.24, 2.45) is 23.2 Å². The molecule has 1 amide bonds. The highest BCUT2D eigenvalue weighted by molar-refractivity contribution is 5.95. The minimum absolute atomic E-state index is 0.1000. The van der Waals surface area contributed by atoms with Gasteiger partial charge in [-0.1, -0.05) is 6.07 Å². The summed E-state index contributed by atoms with van der Waals surface area (Å²) in [5.41, 5.74) is 0.640. The maximum absolute atomic E-state index is 12.9. The quantitative estimate of drug-likeness (QED) is 0.819. The molecule has 0 saturated heterocycles. The zero-order valence-corrected chi connectivity index (χ0v) is 15.1. The van der Waals surface area contributed by atoms with Crippen LogP contribution in [0.15, 0.2) is 24.3 Å². The van der Waals surface area contributed by atoms with Crippen LogP contribution in [0.2, 0.25) is 0 Å². The maximum atomic E-state index is 12.9. The van der Waals surface area contributed by atoms with Crippen molar-refractivity contribution in [2.75, 3.05) is 11.9 Å². The predicted octanol–water partition coefficient (Wildman–Crippen LogP) is 3.59. The molecule has 1 aromatic carbocycles. The van der Waals surface area contributed by atoms with Gasteiger partial charge in [0.2, 0.25) is 5.91 Å². The SMILES string of the molecule is CC(=O)Nc1cccc(C(=O)OCC(=O)C23CC4CC(CC(C4)C2)C3)c1. The molecular formula is C21H25NO4. The van der Waals surface area contributed by atoms with Gasteiger partial charge in [-0.25, -0.2) is 4.79 Å². The van der Waals surface area contributed by atoms with Crippen LogP contribution in [-0.4, -0.2) is 24.3 Å². The van der Waals surface area contributed by atoms with E-state index >= 15 is 0 Å². The number of nitrogens with one attached hydrogen (secondary N) is 1. The number of ether oxygens (including phenoxy) is 1. The number of benzene rings is 1. The highest BCUT2D eigenvalue weighted by Crippen LogP contribution is 2.60. The summed E-state index contributed by atoms with van der Waals surface area (Å²) in [4.78, 5) is 36.4. The van der Waals surface area contributed by atoms with Crippen LogP contribution in [0.1, 0.15) is 55.8 Å². The Morgan fingerprint density at radius 2 is 1.69 bits per heavy atom. The van der Waals surface area contributed by atoms with Crippen LogP contribution in [0.25, 0.3) is 0 Å². The van der Waals surface area contributed by atoms with Gasteiger partial charge in [0.1, 0.15) is 0 Å². The van der Waals surface area contributed by atoms with Crippen molar-refractivity contribution in [2.45, 2.75) is 45.4 Å². The number of ketones is 1. The van der Waals surface area contributed by atoms with Crippen LogP contribution in [0.5, 0.6) is 0 Å². The Morgan fingerprint density at radius 3 is 2.27 bits per heavy atom. The van der Waals surface area contributed by atoms with E-state index in [2.05, 4.69) is 5.32 Å². The summed E-state index contributed by atoms with van der Waals surface area (Å²) in [5, 5.41) is 2.64. The second-order valence-electron chi connectivity index (χ2n) is 8.46. The van der Waals surface area contributed by atoms with Crippen molar-refractivity contribution in [1.29, 1.82) is 0 Å². The zero-order chi connectivity index (χ0) is 18.3. The summed E-state index contributed by atoms with van der Waals surface area (Å²) in [6.45, 7) is 1.27. The van der Waals surface area contributed by atoms with E-state index in [1.165, 1.54) is 26.2 Å². The van der Waals surface area contributed by atoms with E-state index in [4.69, 9.17) is 4.74 Å². The first-order chi connectivity index (χ1) is 12.4. The maximum Gasteiger partial charge on any atom is 0.338 e. The molecular weight excluding hydrogens is 330 g/mol. The van der Waals surface area contributed by atoms with E-state index < -0.39 is 5.97 Å². The lowest BCUT2D eigenvalue weighted by atomic mass is 9.48. The molecule has 4 aliphatic carbocycles. The molecule has 4 aliphatic rings. The van der Waals surface area contributed by atoms with Gasteiger partial charge in [-0.2, -0.15) is 0 Å². The van der Waals surface area contributed by atoms with Crippen molar-refractivity contribution in [3.05, 3.63) is 29.8 Å². The van der Waals surface area contributed by atoms with Gasteiger partial charge in [-0.05, 0) is 74.5 Å². The third kappa shape index (κ3) is 3.27. The van der Waals surface area contributed by atoms with Gasteiger partial charge in [0.05, 0.1) is 5.56 Å². The lowest BCUT2D eigenvalue weighted by Crippen LogP contribution is -2.51. The molecule has 4 saturated carbocycles. The van der Waals surface area contributed by atoms with Crippen molar-refractivity contribution >= 4 is 23.3 Å². The lowest BCUT2D eigenvalue weighted by Gasteiger charge is -2.55.